The highest BCUT2D eigenvalue weighted by atomic mass is 32.1. The lowest BCUT2D eigenvalue weighted by molar-refractivity contribution is -0.439. The number of halogens is 13. The third-order valence-corrected chi connectivity index (χ3v) is 4.92. The van der Waals surface area contributed by atoms with Gasteiger partial charge in [-0.25, -0.2) is 0 Å². The van der Waals surface area contributed by atoms with Crippen LogP contribution >= 0.6 is 11.4 Å². The van der Waals surface area contributed by atoms with E-state index in [0.29, 0.717) is 11.1 Å². The van der Waals surface area contributed by atoms with Crippen LogP contribution in [0.25, 0.3) is 6.08 Å². The maximum atomic E-state index is 13.6. The minimum atomic E-state index is -7.87. The zero-order valence-electron chi connectivity index (χ0n) is 14.9. The Hall–Kier alpha value is -1.73. The molecule has 0 nitrogen and oxygen atoms in total. The number of rotatable bonds is 9. The molecule has 0 N–H and O–H groups in total. The summed E-state index contributed by atoms with van der Waals surface area (Å²) in [5, 5.41) is 0.282. The molecule has 14 heteroatoms. The van der Waals surface area contributed by atoms with Gasteiger partial charge in [0, 0.05) is 12.2 Å². The molecule has 0 saturated heterocycles. The van der Waals surface area contributed by atoms with Crippen molar-refractivity contribution >= 4 is 22.8 Å². The monoisotopic (exact) mass is 496 g/mol. The first-order chi connectivity index (χ1) is 13.8. The molecular weight excluding hydrogens is 483 g/mol. The van der Waals surface area contributed by atoms with Crippen LogP contribution in [0.4, 0.5) is 57.1 Å². The lowest BCUT2D eigenvalue weighted by atomic mass is 9.93. The van der Waals surface area contributed by atoms with Gasteiger partial charge < -0.3 is 0 Å². The van der Waals surface area contributed by atoms with Gasteiger partial charge in [-0.2, -0.15) is 68.4 Å². The fraction of sp³-hybridized carbons (Fsp3) is 0.471. The fourth-order valence-corrected chi connectivity index (χ4v) is 2.99. The first kappa shape index (κ1) is 27.3. The quantitative estimate of drug-likeness (QED) is 0.208. The van der Waals surface area contributed by atoms with Crippen LogP contribution in [-0.4, -0.2) is 41.2 Å². The zero-order valence-corrected chi connectivity index (χ0v) is 15.8. The Balaban J connectivity index is 3.11. The van der Waals surface area contributed by atoms with Gasteiger partial charge >= 0.3 is 35.8 Å². The van der Waals surface area contributed by atoms with Crippen molar-refractivity contribution in [3.63, 3.8) is 0 Å². The van der Waals surface area contributed by atoms with Crippen molar-refractivity contribution < 1.29 is 57.1 Å². The Morgan fingerprint density at radius 1 is 0.742 bits per heavy atom. The molecule has 0 heterocycles. The Bertz CT molecular complexity index is 808. The molecule has 0 atom stereocenters. The third kappa shape index (κ3) is 4.87. The molecule has 178 valence electrons. The molecule has 1 aromatic carbocycles. The van der Waals surface area contributed by atoms with Gasteiger partial charge in [0.25, 0.3) is 0 Å². The molecule has 31 heavy (non-hydrogen) atoms. The maximum absolute atomic E-state index is 13.6. The summed E-state index contributed by atoms with van der Waals surface area (Å²) >= 11 is -0.180. The molecule has 0 bridgehead atoms. The largest absolute Gasteiger partial charge is 0.460 e. The molecule has 0 fully saturated rings. The first-order valence-corrected chi connectivity index (χ1v) is 9.06. The van der Waals surface area contributed by atoms with E-state index in [0.717, 1.165) is 0 Å². The van der Waals surface area contributed by atoms with Crippen molar-refractivity contribution in [3.8, 4) is 0 Å². The number of hydrogen-bond acceptors (Lipinski definition) is 0. The number of alkyl halides is 13. The van der Waals surface area contributed by atoms with Crippen LogP contribution in [0.15, 0.2) is 30.8 Å². The van der Waals surface area contributed by atoms with Crippen LogP contribution in [0.2, 0.25) is 0 Å². The van der Waals surface area contributed by atoms with E-state index in [-0.39, 0.29) is 22.5 Å². The van der Waals surface area contributed by atoms with E-state index in [9.17, 15) is 57.1 Å². The van der Waals surface area contributed by atoms with Crippen molar-refractivity contribution in [1.82, 2.24) is 0 Å². The van der Waals surface area contributed by atoms with Crippen LogP contribution in [0.1, 0.15) is 17.5 Å². The molecule has 0 unspecified atom stereocenters. The average Bonchev–Trinajstić information content (AvgIpc) is 2.63. The summed E-state index contributed by atoms with van der Waals surface area (Å²) in [6, 6.07) is 6.11. The van der Waals surface area contributed by atoms with Crippen molar-refractivity contribution in [1.29, 1.82) is 0 Å². The summed E-state index contributed by atoms with van der Waals surface area (Å²) in [5.41, 5.74) is 1.06. The fourth-order valence-electron chi connectivity index (χ4n) is 2.10. The SMILES string of the molecule is C=Cc1cccc(C[SH]=CCC(F)(F)C(F)(F)C(F)(F)C(F)(F)C(F)(F)C(F)(F)F)c1. The lowest BCUT2D eigenvalue weighted by Crippen LogP contribution is -2.70. The second kappa shape index (κ2) is 8.66. The van der Waals surface area contributed by atoms with E-state index >= 15 is 0 Å². The second-order valence-corrected chi connectivity index (χ2v) is 7.22. The van der Waals surface area contributed by atoms with E-state index < -0.39 is 42.2 Å². The summed E-state index contributed by atoms with van der Waals surface area (Å²) < 4.78 is 169. The number of hydrogen-bond donors (Lipinski definition) is 1. The summed E-state index contributed by atoms with van der Waals surface area (Å²) in [6.45, 7) is 3.45. The highest BCUT2D eigenvalue weighted by Gasteiger charge is 2.90. The van der Waals surface area contributed by atoms with E-state index in [1.165, 1.54) is 24.3 Å². The van der Waals surface area contributed by atoms with Gasteiger partial charge in [-0.1, -0.05) is 42.3 Å². The summed E-state index contributed by atoms with van der Waals surface area (Å²) in [6.07, 6.45) is -8.29. The molecule has 1 rings (SSSR count). The van der Waals surface area contributed by atoms with E-state index in [2.05, 4.69) is 6.58 Å². The summed E-state index contributed by atoms with van der Waals surface area (Å²) in [4.78, 5) is 0. The third-order valence-electron chi connectivity index (χ3n) is 3.94. The van der Waals surface area contributed by atoms with Crippen molar-refractivity contribution in [3.05, 3.63) is 42.0 Å². The van der Waals surface area contributed by atoms with Gasteiger partial charge in [0.15, 0.2) is 0 Å². The van der Waals surface area contributed by atoms with Crippen molar-refractivity contribution in [2.75, 3.05) is 0 Å². The topological polar surface area (TPSA) is 0 Å². The Morgan fingerprint density at radius 3 is 1.74 bits per heavy atom. The predicted octanol–water partition coefficient (Wildman–Crippen LogP) is 7.23. The first-order valence-electron chi connectivity index (χ1n) is 7.91. The van der Waals surface area contributed by atoms with Gasteiger partial charge in [0.05, 0.1) is 0 Å². The molecule has 0 radical (unpaired) electrons. The Kier molecular flexibility index (Phi) is 7.63. The minimum absolute atomic E-state index is 0.109. The average molecular weight is 496 g/mol. The van der Waals surface area contributed by atoms with Gasteiger partial charge in [-0.15, -0.1) is 0 Å². The maximum Gasteiger partial charge on any atom is 0.460 e. The van der Waals surface area contributed by atoms with E-state index in [4.69, 9.17) is 0 Å². The van der Waals surface area contributed by atoms with Crippen LogP contribution < -0.4 is 0 Å². The molecule has 0 saturated carbocycles. The van der Waals surface area contributed by atoms with E-state index in [1.54, 1.807) is 6.07 Å². The second-order valence-electron chi connectivity index (χ2n) is 6.18. The van der Waals surface area contributed by atoms with E-state index in [1.807, 2.05) is 0 Å². The summed E-state index contributed by atoms with van der Waals surface area (Å²) in [5.74, 6) is -36.7. The summed E-state index contributed by atoms with van der Waals surface area (Å²) in [7, 11) is 0. The highest BCUT2D eigenvalue weighted by molar-refractivity contribution is 7.96. The zero-order chi connectivity index (χ0) is 24.5. The predicted molar refractivity (Wildman–Crippen MR) is 90.7 cm³/mol. The molecule has 0 aliphatic rings. The molecule has 1 aromatic rings. The number of benzene rings is 1. The standard InChI is InChI=1S/C17H13F13S/c1-2-10-4-3-5-11(8-10)9-31-7-6-12(18,19)13(20,21)14(22,23)15(24,25)16(26,27)17(28,29)30/h2-5,7-8,31H,1,6,9H2. The van der Waals surface area contributed by atoms with Crippen LogP contribution in [-0.2, 0) is 5.75 Å². The lowest BCUT2D eigenvalue weighted by Gasteiger charge is -2.39. The molecular formula is C17H13F13S. The van der Waals surface area contributed by atoms with Gasteiger partial charge in [-0.05, 0) is 11.1 Å². The smallest absolute Gasteiger partial charge is 0.200 e. The van der Waals surface area contributed by atoms with Crippen LogP contribution in [0.3, 0.4) is 0 Å². The molecule has 0 amide bonds. The molecule has 0 spiro atoms. The Labute approximate surface area is 170 Å². The highest BCUT2D eigenvalue weighted by Crippen LogP contribution is 2.60. The van der Waals surface area contributed by atoms with Crippen molar-refractivity contribution in [2.45, 2.75) is 48.0 Å². The van der Waals surface area contributed by atoms with Gasteiger partial charge in [0.2, 0.25) is 0 Å². The van der Waals surface area contributed by atoms with Gasteiger partial charge in [-0.3, -0.25) is 0 Å². The molecule has 0 aromatic heterocycles. The van der Waals surface area contributed by atoms with Crippen LogP contribution in [0.5, 0.6) is 0 Å². The Morgan fingerprint density at radius 2 is 1.26 bits per heavy atom. The normalized spacial score (nSPS) is 15.1. The van der Waals surface area contributed by atoms with Gasteiger partial charge in [0.1, 0.15) is 0 Å². The minimum Gasteiger partial charge on any atom is -0.200 e. The van der Waals surface area contributed by atoms with Crippen LogP contribution in [0, 0.1) is 0 Å². The number of thiol groups is 1. The molecule has 0 aliphatic carbocycles. The van der Waals surface area contributed by atoms with Crippen molar-refractivity contribution in [2.24, 2.45) is 0 Å². The molecule has 0 aliphatic heterocycles.